The van der Waals surface area contributed by atoms with Crippen molar-refractivity contribution in [1.82, 2.24) is 0 Å². The van der Waals surface area contributed by atoms with E-state index in [9.17, 15) is 4.79 Å². The highest BCUT2D eigenvalue weighted by Crippen LogP contribution is 2.12. The summed E-state index contributed by atoms with van der Waals surface area (Å²) in [7, 11) is 0. The number of carbonyl (C=O) groups excluding carboxylic acids is 1. The third kappa shape index (κ3) is 8.30. The van der Waals surface area contributed by atoms with E-state index in [1.807, 2.05) is 20.8 Å². The summed E-state index contributed by atoms with van der Waals surface area (Å²) in [4.78, 5) is 11.1. The molecule has 0 heterocycles. The molecule has 0 saturated carbocycles. The Labute approximate surface area is 88.2 Å². The molecular weight excluding hydrogens is 267 g/mol. The van der Waals surface area contributed by atoms with Gasteiger partial charge in [0, 0.05) is 10.3 Å². The van der Waals surface area contributed by atoms with E-state index in [0.717, 1.165) is 6.42 Å². The van der Waals surface area contributed by atoms with E-state index in [1.165, 1.54) is 0 Å². The van der Waals surface area contributed by atoms with E-state index in [2.05, 4.69) is 29.5 Å². The van der Waals surface area contributed by atoms with Crippen molar-refractivity contribution in [3.05, 3.63) is 0 Å². The molecule has 0 N–H and O–H groups in total. The lowest BCUT2D eigenvalue weighted by Gasteiger charge is -2.19. The Balaban J connectivity index is 3.61. The zero-order valence-electron chi connectivity index (χ0n) is 8.19. The van der Waals surface area contributed by atoms with Gasteiger partial charge in [-0.1, -0.05) is 29.5 Å². The van der Waals surface area contributed by atoms with Gasteiger partial charge in [-0.3, -0.25) is 4.79 Å². The molecule has 0 saturated heterocycles. The first kappa shape index (κ1) is 12.2. The first-order valence-corrected chi connectivity index (χ1v) is 5.42. The lowest BCUT2D eigenvalue weighted by molar-refractivity contribution is -0.154. The van der Waals surface area contributed by atoms with Crippen LogP contribution >= 0.6 is 22.6 Å². The predicted octanol–water partition coefficient (Wildman–Crippen LogP) is 2.93. The fourth-order valence-corrected chi connectivity index (χ4v) is 1.02. The van der Waals surface area contributed by atoms with Gasteiger partial charge >= 0.3 is 5.97 Å². The van der Waals surface area contributed by atoms with Gasteiger partial charge in [-0.2, -0.15) is 0 Å². The Morgan fingerprint density at radius 2 is 2.00 bits per heavy atom. The highest BCUT2D eigenvalue weighted by atomic mass is 127. The monoisotopic (exact) mass is 284 g/mol. The van der Waals surface area contributed by atoms with Crippen molar-refractivity contribution in [3.8, 4) is 0 Å². The first-order chi connectivity index (χ1) is 5.31. The molecule has 3 heteroatoms. The van der Waals surface area contributed by atoms with Crippen molar-refractivity contribution in [2.75, 3.05) is 0 Å². The summed E-state index contributed by atoms with van der Waals surface area (Å²) in [5.41, 5.74) is -0.342. The quantitative estimate of drug-likeness (QED) is 0.452. The summed E-state index contributed by atoms with van der Waals surface area (Å²) in [6.07, 6.45) is 1.43. The molecule has 0 aliphatic carbocycles. The average molecular weight is 284 g/mol. The lowest BCUT2D eigenvalue weighted by Crippen LogP contribution is -2.23. The second-order valence-corrected chi connectivity index (χ2v) is 6.03. The summed E-state index contributed by atoms with van der Waals surface area (Å²) in [6, 6.07) is 0. The molecule has 1 atom stereocenters. The van der Waals surface area contributed by atoms with Crippen LogP contribution in [-0.4, -0.2) is 15.5 Å². The second kappa shape index (κ2) is 5.04. The van der Waals surface area contributed by atoms with Crippen LogP contribution in [0.4, 0.5) is 0 Å². The van der Waals surface area contributed by atoms with Gasteiger partial charge in [0.15, 0.2) is 0 Å². The standard InChI is InChI=1S/C9H17IO2/c1-7(10)5-6-8(11)12-9(2,3)4/h7H,5-6H2,1-4H3. The molecule has 0 amide bonds. The topological polar surface area (TPSA) is 26.3 Å². The van der Waals surface area contributed by atoms with Crippen LogP contribution in [0.3, 0.4) is 0 Å². The second-order valence-electron chi connectivity index (χ2n) is 3.91. The summed E-state index contributed by atoms with van der Waals surface area (Å²) in [6.45, 7) is 7.75. The van der Waals surface area contributed by atoms with Crippen LogP contribution in [0.5, 0.6) is 0 Å². The van der Waals surface area contributed by atoms with Crippen LogP contribution < -0.4 is 0 Å². The Morgan fingerprint density at radius 3 is 2.33 bits per heavy atom. The van der Waals surface area contributed by atoms with Crippen molar-refractivity contribution in [2.24, 2.45) is 0 Å². The fourth-order valence-electron chi connectivity index (χ4n) is 0.709. The van der Waals surface area contributed by atoms with Gasteiger partial charge in [0.05, 0.1) is 0 Å². The van der Waals surface area contributed by atoms with Crippen LogP contribution in [0.15, 0.2) is 0 Å². The number of alkyl halides is 1. The number of halogens is 1. The number of carbonyl (C=O) groups is 1. The van der Waals surface area contributed by atoms with Gasteiger partial charge in [-0.25, -0.2) is 0 Å². The molecule has 0 bridgehead atoms. The molecule has 0 rings (SSSR count). The average Bonchev–Trinajstić information content (AvgIpc) is 1.79. The van der Waals surface area contributed by atoms with Gasteiger partial charge < -0.3 is 4.74 Å². The van der Waals surface area contributed by atoms with Crippen LogP contribution in [0.1, 0.15) is 40.5 Å². The van der Waals surface area contributed by atoms with Crippen molar-refractivity contribution in [1.29, 1.82) is 0 Å². The minimum Gasteiger partial charge on any atom is -0.460 e. The maximum Gasteiger partial charge on any atom is 0.306 e. The molecule has 0 aromatic rings. The molecule has 1 unspecified atom stereocenters. The van der Waals surface area contributed by atoms with Crippen molar-refractivity contribution in [3.63, 3.8) is 0 Å². The minimum absolute atomic E-state index is 0.0917. The van der Waals surface area contributed by atoms with E-state index < -0.39 is 0 Å². The molecule has 0 aromatic carbocycles. The zero-order valence-corrected chi connectivity index (χ0v) is 10.3. The molecule has 0 radical (unpaired) electrons. The molecule has 0 aromatic heterocycles. The molecule has 0 aliphatic rings. The fraction of sp³-hybridized carbons (Fsp3) is 0.889. The molecule has 0 fully saturated rings. The molecular formula is C9H17IO2. The van der Waals surface area contributed by atoms with E-state index >= 15 is 0 Å². The van der Waals surface area contributed by atoms with Gasteiger partial charge in [0.2, 0.25) is 0 Å². The maximum absolute atomic E-state index is 11.1. The SMILES string of the molecule is CC(I)CCC(=O)OC(C)(C)C. The molecule has 2 nitrogen and oxygen atoms in total. The van der Waals surface area contributed by atoms with Crippen molar-refractivity contribution >= 4 is 28.6 Å². The molecule has 0 aliphatic heterocycles. The van der Waals surface area contributed by atoms with E-state index in [1.54, 1.807) is 0 Å². The van der Waals surface area contributed by atoms with Crippen LogP contribution in [0.2, 0.25) is 0 Å². The Hall–Kier alpha value is 0.200. The largest absolute Gasteiger partial charge is 0.460 e. The highest BCUT2D eigenvalue weighted by molar-refractivity contribution is 14.1. The number of ether oxygens (including phenoxy) is 1. The third-order valence-electron chi connectivity index (χ3n) is 1.17. The van der Waals surface area contributed by atoms with Crippen molar-refractivity contribution < 1.29 is 9.53 Å². The summed E-state index contributed by atoms with van der Waals surface area (Å²) >= 11 is 2.31. The molecule has 0 spiro atoms. The van der Waals surface area contributed by atoms with E-state index in [4.69, 9.17) is 4.74 Å². The number of esters is 1. The van der Waals surface area contributed by atoms with Gasteiger partial charge in [0.25, 0.3) is 0 Å². The Bertz CT molecular complexity index is 147. The Kier molecular flexibility index (Phi) is 5.13. The normalized spacial score (nSPS) is 14.1. The number of rotatable bonds is 3. The maximum atomic E-state index is 11.1. The van der Waals surface area contributed by atoms with E-state index in [-0.39, 0.29) is 11.6 Å². The lowest BCUT2D eigenvalue weighted by atomic mass is 10.2. The minimum atomic E-state index is -0.342. The summed E-state index contributed by atoms with van der Waals surface area (Å²) in [5, 5.41) is 0. The van der Waals surface area contributed by atoms with Gasteiger partial charge in [-0.05, 0) is 27.2 Å². The predicted molar refractivity (Wildman–Crippen MR) is 58.6 cm³/mol. The summed E-state index contributed by atoms with van der Waals surface area (Å²) in [5.74, 6) is -0.0917. The number of hydrogen-bond acceptors (Lipinski definition) is 2. The summed E-state index contributed by atoms with van der Waals surface area (Å²) < 4.78 is 5.68. The van der Waals surface area contributed by atoms with Gasteiger partial charge in [-0.15, -0.1) is 0 Å². The Morgan fingerprint density at radius 1 is 1.50 bits per heavy atom. The zero-order chi connectivity index (χ0) is 9.78. The highest BCUT2D eigenvalue weighted by Gasteiger charge is 2.15. The molecule has 12 heavy (non-hydrogen) atoms. The van der Waals surface area contributed by atoms with Crippen molar-refractivity contribution in [2.45, 2.75) is 50.1 Å². The number of hydrogen-bond donors (Lipinski definition) is 0. The first-order valence-electron chi connectivity index (χ1n) is 4.17. The smallest absolute Gasteiger partial charge is 0.306 e. The van der Waals surface area contributed by atoms with Crippen LogP contribution in [0, 0.1) is 0 Å². The third-order valence-corrected chi connectivity index (χ3v) is 1.79. The van der Waals surface area contributed by atoms with Gasteiger partial charge in [0.1, 0.15) is 5.60 Å². The van der Waals surface area contributed by atoms with Crippen LogP contribution in [-0.2, 0) is 9.53 Å². The van der Waals surface area contributed by atoms with Crippen LogP contribution in [0.25, 0.3) is 0 Å². The molecule has 72 valence electrons. The van der Waals surface area contributed by atoms with E-state index in [0.29, 0.717) is 10.3 Å².